The van der Waals surface area contributed by atoms with Crippen molar-refractivity contribution in [2.24, 2.45) is 0 Å². The van der Waals surface area contributed by atoms with Gasteiger partial charge in [0.25, 0.3) is 0 Å². The van der Waals surface area contributed by atoms with Crippen LogP contribution in [0.5, 0.6) is 0 Å². The molecule has 0 radical (unpaired) electrons. The molecule has 0 aliphatic heterocycles. The van der Waals surface area contributed by atoms with E-state index in [0.29, 0.717) is 18.0 Å². The quantitative estimate of drug-likeness (QED) is 0.820. The molecule has 3 heteroatoms. The van der Waals surface area contributed by atoms with E-state index in [1.807, 2.05) is 18.2 Å². The number of nitrogens with one attached hydrogen (secondary N) is 1. The van der Waals surface area contributed by atoms with E-state index in [-0.39, 0.29) is 0 Å². The number of carboxylic acid groups (broad SMARTS) is 1. The Kier molecular flexibility index (Phi) is 4.99. The van der Waals surface area contributed by atoms with E-state index in [4.69, 9.17) is 5.11 Å². The number of carboxylic acids is 1. The van der Waals surface area contributed by atoms with E-state index in [1.54, 1.807) is 12.1 Å². The fourth-order valence-electron chi connectivity index (χ4n) is 2.27. The molecule has 110 valence electrons. The summed E-state index contributed by atoms with van der Waals surface area (Å²) in [6.45, 7) is 5.10. The van der Waals surface area contributed by atoms with Gasteiger partial charge in [-0.15, -0.1) is 0 Å². The minimum atomic E-state index is -0.892. The second-order valence-electron chi connectivity index (χ2n) is 5.25. The van der Waals surface area contributed by atoms with Crippen molar-refractivity contribution in [3.8, 4) is 0 Å². The molecule has 2 N–H and O–H groups in total. The first kappa shape index (κ1) is 15.1. The average Bonchev–Trinajstić information content (AvgIpc) is 2.52. The van der Waals surface area contributed by atoms with Crippen LogP contribution in [0, 0.1) is 0 Å². The van der Waals surface area contributed by atoms with Crippen LogP contribution in [-0.2, 0) is 6.54 Å². The molecule has 0 amide bonds. The third-order valence-corrected chi connectivity index (χ3v) is 3.79. The van der Waals surface area contributed by atoms with Crippen LogP contribution < -0.4 is 5.32 Å². The van der Waals surface area contributed by atoms with Gasteiger partial charge >= 0.3 is 5.97 Å². The lowest BCUT2D eigenvalue weighted by Gasteiger charge is -2.16. The summed E-state index contributed by atoms with van der Waals surface area (Å²) in [5.41, 5.74) is 3.86. The maximum Gasteiger partial charge on any atom is 0.335 e. The largest absolute Gasteiger partial charge is 0.478 e. The molecule has 0 aromatic heterocycles. The predicted octanol–water partition coefficient (Wildman–Crippen LogP) is 4.51. The minimum Gasteiger partial charge on any atom is -0.478 e. The molecule has 0 aliphatic rings. The first-order chi connectivity index (χ1) is 10.1. The Morgan fingerprint density at radius 1 is 1.14 bits per heavy atom. The Hall–Kier alpha value is -2.29. The highest BCUT2D eigenvalue weighted by Gasteiger charge is 2.08. The average molecular weight is 283 g/mol. The highest BCUT2D eigenvalue weighted by Crippen LogP contribution is 2.26. The molecule has 2 aromatic carbocycles. The Balaban J connectivity index is 2.08. The van der Waals surface area contributed by atoms with Crippen LogP contribution in [0.2, 0.25) is 0 Å². The maximum atomic E-state index is 10.8. The fourth-order valence-corrected chi connectivity index (χ4v) is 2.27. The summed E-state index contributed by atoms with van der Waals surface area (Å²) in [5, 5.41) is 12.3. The van der Waals surface area contributed by atoms with Gasteiger partial charge in [-0.1, -0.05) is 44.2 Å². The van der Waals surface area contributed by atoms with Crippen molar-refractivity contribution in [2.75, 3.05) is 5.32 Å². The number of carbonyl (C=O) groups is 1. The van der Waals surface area contributed by atoms with Crippen molar-refractivity contribution in [1.82, 2.24) is 0 Å². The molecule has 1 unspecified atom stereocenters. The van der Waals surface area contributed by atoms with Crippen molar-refractivity contribution >= 4 is 11.7 Å². The van der Waals surface area contributed by atoms with E-state index in [1.165, 1.54) is 5.56 Å². The van der Waals surface area contributed by atoms with Gasteiger partial charge in [-0.05, 0) is 41.7 Å². The summed E-state index contributed by atoms with van der Waals surface area (Å²) in [6, 6.07) is 15.3. The Morgan fingerprint density at radius 3 is 2.43 bits per heavy atom. The first-order valence-corrected chi connectivity index (χ1v) is 7.26. The van der Waals surface area contributed by atoms with Gasteiger partial charge in [0.2, 0.25) is 0 Å². The van der Waals surface area contributed by atoms with E-state index in [9.17, 15) is 4.79 Å². The molecule has 0 spiro atoms. The number of anilines is 1. The predicted molar refractivity (Wildman–Crippen MR) is 85.9 cm³/mol. The maximum absolute atomic E-state index is 10.8. The van der Waals surface area contributed by atoms with Gasteiger partial charge in [0.05, 0.1) is 5.56 Å². The summed E-state index contributed by atoms with van der Waals surface area (Å²) in [4.78, 5) is 10.8. The Morgan fingerprint density at radius 2 is 1.81 bits per heavy atom. The molecule has 2 aromatic rings. The Labute approximate surface area is 125 Å². The van der Waals surface area contributed by atoms with Crippen LogP contribution in [0.25, 0.3) is 0 Å². The number of para-hydroxylation sites is 1. The van der Waals surface area contributed by atoms with Crippen LogP contribution in [-0.4, -0.2) is 11.1 Å². The number of hydrogen-bond donors (Lipinski definition) is 2. The molecule has 0 aliphatic carbocycles. The lowest BCUT2D eigenvalue weighted by molar-refractivity contribution is 0.0697. The highest BCUT2D eigenvalue weighted by molar-refractivity contribution is 5.87. The zero-order chi connectivity index (χ0) is 15.2. The molecule has 3 nitrogen and oxygen atoms in total. The molecule has 0 saturated heterocycles. The van der Waals surface area contributed by atoms with Crippen molar-refractivity contribution in [3.05, 3.63) is 65.2 Å². The number of benzene rings is 2. The fraction of sp³-hybridized carbons (Fsp3) is 0.278. The molecule has 21 heavy (non-hydrogen) atoms. The van der Waals surface area contributed by atoms with E-state index >= 15 is 0 Å². The third-order valence-electron chi connectivity index (χ3n) is 3.79. The number of aromatic carboxylic acids is 1. The lowest BCUT2D eigenvalue weighted by Crippen LogP contribution is -2.04. The number of rotatable bonds is 6. The van der Waals surface area contributed by atoms with Crippen molar-refractivity contribution in [2.45, 2.75) is 32.7 Å². The zero-order valence-corrected chi connectivity index (χ0v) is 12.5. The summed E-state index contributed by atoms with van der Waals surface area (Å²) in [5.74, 6) is -0.375. The summed E-state index contributed by atoms with van der Waals surface area (Å²) < 4.78 is 0. The highest BCUT2D eigenvalue weighted by atomic mass is 16.4. The molecular weight excluding hydrogens is 262 g/mol. The van der Waals surface area contributed by atoms with Crippen molar-refractivity contribution in [3.63, 3.8) is 0 Å². The van der Waals surface area contributed by atoms with E-state index in [0.717, 1.165) is 17.7 Å². The van der Waals surface area contributed by atoms with Gasteiger partial charge in [-0.2, -0.15) is 0 Å². The summed E-state index contributed by atoms with van der Waals surface area (Å²) >= 11 is 0. The van der Waals surface area contributed by atoms with Crippen molar-refractivity contribution < 1.29 is 9.90 Å². The molecule has 0 fully saturated rings. The van der Waals surface area contributed by atoms with Crippen molar-refractivity contribution in [1.29, 1.82) is 0 Å². The topological polar surface area (TPSA) is 49.3 Å². The zero-order valence-electron chi connectivity index (χ0n) is 12.5. The molecule has 0 heterocycles. The van der Waals surface area contributed by atoms with Gasteiger partial charge in [0, 0.05) is 12.2 Å². The Bertz CT molecular complexity index is 605. The lowest BCUT2D eigenvalue weighted by atomic mass is 9.97. The van der Waals surface area contributed by atoms with Gasteiger partial charge in [-0.25, -0.2) is 4.79 Å². The van der Waals surface area contributed by atoms with E-state index in [2.05, 4.69) is 37.4 Å². The summed E-state index contributed by atoms with van der Waals surface area (Å²) in [6.07, 6.45) is 1.10. The van der Waals surface area contributed by atoms with Gasteiger partial charge in [0.1, 0.15) is 0 Å². The smallest absolute Gasteiger partial charge is 0.335 e. The number of hydrogen-bond acceptors (Lipinski definition) is 2. The van der Waals surface area contributed by atoms with Gasteiger partial charge in [0.15, 0.2) is 0 Å². The standard InChI is InChI=1S/C18H21NO2/c1-3-13(2)16-6-4-5-7-17(16)19-12-14-8-10-15(11-9-14)18(20)21/h4-11,13,19H,3,12H2,1-2H3,(H,20,21). The van der Waals surface area contributed by atoms with Crippen LogP contribution in [0.3, 0.4) is 0 Å². The molecule has 0 saturated carbocycles. The van der Waals surface area contributed by atoms with Gasteiger partial charge < -0.3 is 10.4 Å². The molecule has 1 atom stereocenters. The second kappa shape index (κ2) is 6.93. The van der Waals surface area contributed by atoms with Gasteiger partial charge in [-0.3, -0.25) is 0 Å². The molecular formula is C18H21NO2. The molecule has 2 rings (SSSR count). The van der Waals surface area contributed by atoms with Crippen LogP contribution in [0.1, 0.15) is 47.7 Å². The summed E-state index contributed by atoms with van der Waals surface area (Å²) in [7, 11) is 0. The van der Waals surface area contributed by atoms with Crippen LogP contribution in [0.15, 0.2) is 48.5 Å². The van der Waals surface area contributed by atoms with Crippen LogP contribution >= 0.6 is 0 Å². The minimum absolute atomic E-state index is 0.318. The normalized spacial score (nSPS) is 11.9. The monoisotopic (exact) mass is 283 g/mol. The molecule has 0 bridgehead atoms. The van der Waals surface area contributed by atoms with Crippen LogP contribution in [0.4, 0.5) is 5.69 Å². The third kappa shape index (κ3) is 3.85. The second-order valence-corrected chi connectivity index (χ2v) is 5.25. The van der Waals surface area contributed by atoms with E-state index < -0.39 is 5.97 Å². The SMILES string of the molecule is CCC(C)c1ccccc1NCc1ccc(C(=O)O)cc1. The first-order valence-electron chi connectivity index (χ1n) is 7.26.